The summed E-state index contributed by atoms with van der Waals surface area (Å²) in [6.45, 7) is 1.17. The first-order chi connectivity index (χ1) is 7.26. The van der Waals surface area contributed by atoms with Crippen LogP contribution in [-0.4, -0.2) is 18.2 Å². The molecule has 0 radical (unpaired) electrons. The first kappa shape index (κ1) is 10.4. The molecule has 1 aliphatic rings. The number of rotatable bonds is 2. The second-order valence-corrected chi connectivity index (χ2v) is 4.25. The van der Waals surface area contributed by atoms with Gasteiger partial charge in [0.1, 0.15) is 0 Å². The van der Waals surface area contributed by atoms with Gasteiger partial charge >= 0.3 is 0 Å². The zero-order chi connectivity index (χ0) is 10.7. The lowest BCUT2D eigenvalue weighted by atomic mass is 9.83. The molecular formula is C11H11ClN2O. The Morgan fingerprint density at radius 3 is 3.13 bits per heavy atom. The molecule has 1 atom stereocenters. The molecule has 0 amide bonds. The van der Waals surface area contributed by atoms with Crippen molar-refractivity contribution >= 4 is 11.6 Å². The Labute approximate surface area is 93.6 Å². The number of hydrogen-bond acceptors (Lipinski definition) is 3. The van der Waals surface area contributed by atoms with Crippen LogP contribution in [0.5, 0.6) is 0 Å². The van der Waals surface area contributed by atoms with Gasteiger partial charge < -0.3 is 4.74 Å². The largest absolute Gasteiger partial charge is 0.380 e. The molecule has 1 aromatic rings. The average molecular weight is 223 g/mol. The van der Waals surface area contributed by atoms with E-state index in [1.165, 1.54) is 0 Å². The van der Waals surface area contributed by atoms with E-state index in [-0.39, 0.29) is 0 Å². The predicted molar refractivity (Wildman–Crippen MR) is 56.4 cm³/mol. The summed E-state index contributed by atoms with van der Waals surface area (Å²) >= 11 is 6.01. The van der Waals surface area contributed by atoms with Gasteiger partial charge in [0, 0.05) is 19.0 Å². The number of aromatic nitrogens is 1. The lowest BCUT2D eigenvalue weighted by molar-refractivity contribution is 0.171. The highest BCUT2D eigenvalue weighted by Crippen LogP contribution is 2.33. The summed E-state index contributed by atoms with van der Waals surface area (Å²) in [5.74, 6) is 0. The predicted octanol–water partition coefficient (Wildman–Crippen LogP) is 2.21. The summed E-state index contributed by atoms with van der Waals surface area (Å²) in [6, 6.07) is 4.21. The topological polar surface area (TPSA) is 45.9 Å². The van der Waals surface area contributed by atoms with Crippen LogP contribution in [0, 0.1) is 16.7 Å². The van der Waals surface area contributed by atoms with Gasteiger partial charge in [-0.15, -0.1) is 0 Å². The Balaban J connectivity index is 2.21. The van der Waals surface area contributed by atoms with Crippen molar-refractivity contribution in [3.63, 3.8) is 0 Å². The summed E-state index contributed by atoms with van der Waals surface area (Å²) in [6.07, 6.45) is 4.73. The highest BCUT2D eigenvalue weighted by molar-refractivity contribution is 6.31. The fourth-order valence-electron chi connectivity index (χ4n) is 1.79. The lowest BCUT2D eigenvalue weighted by Gasteiger charge is -2.18. The maximum Gasteiger partial charge on any atom is 0.0869 e. The Bertz CT molecular complexity index is 394. The highest BCUT2D eigenvalue weighted by Gasteiger charge is 2.35. The van der Waals surface area contributed by atoms with Crippen molar-refractivity contribution in [2.45, 2.75) is 12.8 Å². The molecule has 0 aromatic carbocycles. The molecule has 1 aliphatic heterocycles. The van der Waals surface area contributed by atoms with Gasteiger partial charge in [-0.25, -0.2) is 0 Å². The van der Waals surface area contributed by atoms with Gasteiger partial charge in [0.15, 0.2) is 0 Å². The van der Waals surface area contributed by atoms with Crippen LogP contribution in [-0.2, 0) is 11.2 Å². The number of nitriles is 1. The van der Waals surface area contributed by atoms with Crippen LogP contribution in [0.25, 0.3) is 0 Å². The van der Waals surface area contributed by atoms with Crippen molar-refractivity contribution in [1.29, 1.82) is 5.26 Å². The first-order valence-corrected chi connectivity index (χ1v) is 5.21. The Kier molecular flexibility index (Phi) is 2.90. The average Bonchev–Trinajstić information content (AvgIpc) is 2.71. The molecule has 1 aromatic heterocycles. The van der Waals surface area contributed by atoms with Crippen LogP contribution in [0.4, 0.5) is 0 Å². The summed E-state index contributed by atoms with van der Waals surface area (Å²) in [7, 11) is 0. The maximum atomic E-state index is 9.18. The van der Waals surface area contributed by atoms with Crippen LogP contribution < -0.4 is 0 Å². The minimum absolute atomic E-state index is 0.398. The van der Waals surface area contributed by atoms with Crippen LogP contribution in [0.3, 0.4) is 0 Å². The normalized spacial score (nSPS) is 25.1. The first-order valence-electron chi connectivity index (χ1n) is 4.83. The fraction of sp³-hybridized carbons (Fsp3) is 0.455. The van der Waals surface area contributed by atoms with Gasteiger partial charge in [-0.1, -0.05) is 11.6 Å². The van der Waals surface area contributed by atoms with Crippen LogP contribution >= 0.6 is 11.6 Å². The van der Waals surface area contributed by atoms with Crippen LogP contribution in [0.1, 0.15) is 12.0 Å². The zero-order valence-electron chi connectivity index (χ0n) is 8.24. The third-order valence-electron chi connectivity index (χ3n) is 2.73. The van der Waals surface area contributed by atoms with Crippen molar-refractivity contribution in [2.24, 2.45) is 5.41 Å². The van der Waals surface area contributed by atoms with E-state index in [1.807, 2.05) is 6.07 Å². The second kappa shape index (κ2) is 4.18. The van der Waals surface area contributed by atoms with E-state index < -0.39 is 5.41 Å². The molecule has 0 saturated carbocycles. The van der Waals surface area contributed by atoms with E-state index in [0.717, 1.165) is 12.0 Å². The van der Waals surface area contributed by atoms with Gasteiger partial charge in [-0.2, -0.15) is 5.26 Å². The number of nitrogens with zero attached hydrogens (tertiary/aromatic N) is 2. The number of halogens is 1. The smallest absolute Gasteiger partial charge is 0.0869 e. The van der Waals surface area contributed by atoms with Gasteiger partial charge in [0.05, 0.1) is 23.1 Å². The molecule has 1 saturated heterocycles. The van der Waals surface area contributed by atoms with Gasteiger partial charge in [-0.05, 0) is 24.5 Å². The van der Waals surface area contributed by atoms with Crippen molar-refractivity contribution in [3.05, 3.63) is 29.0 Å². The summed E-state index contributed by atoms with van der Waals surface area (Å²) < 4.78 is 5.28. The molecule has 78 valence electrons. The minimum atomic E-state index is -0.398. The van der Waals surface area contributed by atoms with Crippen molar-refractivity contribution in [2.75, 3.05) is 13.2 Å². The van der Waals surface area contributed by atoms with E-state index in [9.17, 15) is 5.26 Å². The molecule has 15 heavy (non-hydrogen) atoms. The number of ether oxygens (including phenoxy) is 1. The Hall–Kier alpha value is -1.11. The number of pyridine rings is 1. The molecule has 1 fully saturated rings. The van der Waals surface area contributed by atoms with Crippen LogP contribution in [0.2, 0.25) is 5.02 Å². The van der Waals surface area contributed by atoms with Gasteiger partial charge in [0.25, 0.3) is 0 Å². The molecule has 2 rings (SSSR count). The van der Waals surface area contributed by atoms with E-state index in [1.54, 1.807) is 12.4 Å². The third kappa shape index (κ3) is 2.11. The van der Waals surface area contributed by atoms with E-state index in [4.69, 9.17) is 16.3 Å². The van der Waals surface area contributed by atoms with Crippen molar-refractivity contribution in [1.82, 2.24) is 4.98 Å². The summed E-state index contributed by atoms with van der Waals surface area (Å²) in [5.41, 5.74) is 0.573. The summed E-state index contributed by atoms with van der Waals surface area (Å²) in [4.78, 5) is 3.92. The Morgan fingerprint density at radius 2 is 2.53 bits per heavy atom. The van der Waals surface area contributed by atoms with Crippen molar-refractivity contribution < 1.29 is 4.74 Å². The van der Waals surface area contributed by atoms with Gasteiger partial charge in [0.2, 0.25) is 0 Å². The lowest BCUT2D eigenvalue weighted by Crippen LogP contribution is -2.21. The monoisotopic (exact) mass is 222 g/mol. The molecule has 1 unspecified atom stereocenters. The fourth-order valence-corrected chi connectivity index (χ4v) is 1.97. The minimum Gasteiger partial charge on any atom is -0.380 e. The molecule has 4 heteroatoms. The van der Waals surface area contributed by atoms with E-state index in [2.05, 4.69) is 11.1 Å². The summed E-state index contributed by atoms with van der Waals surface area (Å²) in [5, 5.41) is 9.80. The molecule has 0 aliphatic carbocycles. The molecule has 0 N–H and O–H groups in total. The van der Waals surface area contributed by atoms with Crippen LogP contribution in [0.15, 0.2) is 18.5 Å². The van der Waals surface area contributed by atoms with E-state index in [0.29, 0.717) is 24.7 Å². The quantitative estimate of drug-likeness (QED) is 0.771. The highest BCUT2D eigenvalue weighted by atomic mass is 35.5. The maximum absolute atomic E-state index is 9.18. The molecule has 3 nitrogen and oxygen atoms in total. The van der Waals surface area contributed by atoms with E-state index >= 15 is 0 Å². The molecule has 2 heterocycles. The molecule has 0 spiro atoms. The zero-order valence-corrected chi connectivity index (χ0v) is 9.00. The molecular weight excluding hydrogens is 212 g/mol. The second-order valence-electron chi connectivity index (χ2n) is 3.84. The molecule has 0 bridgehead atoms. The SMILES string of the molecule is N#CC1(Cc2ccncc2Cl)CCOC1. The standard InChI is InChI=1S/C11H11ClN2O/c12-10-6-14-3-1-9(10)5-11(7-13)2-4-15-8-11/h1,3,6H,2,4-5,8H2. The van der Waals surface area contributed by atoms with Crippen molar-refractivity contribution in [3.8, 4) is 6.07 Å². The number of hydrogen-bond donors (Lipinski definition) is 0. The third-order valence-corrected chi connectivity index (χ3v) is 3.07. The Morgan fingerprint density at radius 1 is 1.67 bits per heavy atom. The van der Waals surface area contributed by atoms with Gasteiger partial charge in [-0.3, -0.25) is 4.98 Å².